The van der Waals surface area contributed by atoms with Crippen LogP contribution in [0.25, 0.3) is 0 Å². The summed E-state index contributed by atoms with van der Waals surface area (Å²) in [6, 6.07) is 8.41. The van der Waals surface area contributed by atoms with Gasteiger partial charge in [-0.05, 0) is 30.4 Å². The standard InChI is InChI=1S/C19H26B2N2O2/c20-19(21)8-5-14(6-9-19)18(25)22-11-16-15-4-2-1-3-13(15)7-10-23(16)17(24)12-22/h1-4,14,16H,5-12,20-21H2/t16-/m0/s1. The second-order valence-corrected chi connectivity index (χ2v) is 8.71. The number of rotatable bonds is 1. The minimum atomic E-state index is 0.0372. The molecule has 0 spiro atoms. The van der Waals surface area contributed by atoms with Gasteiger partial charge in [0.15, 0.2) is 0 Å². The highest BCUT2D eigenvalue weighted by atomic mass is 16.2. The average Bonchev–Trinajstić information content (AvgIpc) is 2.61. The smallest absolute Gasteiger partial charge is 0.242 e. The number of hydrogen-bond acceptors (Lipinski definition) is 2. The third kappa shape index (κ3) is 3.11. The van der Waals surface area contributed by atoms with Crippen molar-refractivity contribution in [3.8, 4) is 0 Å². The van der Waals surface area contributed by atoms with Crippen LogP contribution in [0.3, 0.4) is 0 Å². The maximum Gasteiger partial charge on any atom is 0.242 e. The Hall–Kier alpha value is -1.71. The van der Waals surface area contributed by atoms with Gasteiger partial charge in [0.2, 0.25) is 11.8 Å². The predicted octanol–water partition coefficient (Wildman–Crippen LogP) is 0.527. The van der Waals surface area contributed by atoms with Gasteiger partial charge in [0.05, 0.1) is 28.3 Å². The molecule has 1 aromatic rings. The molecule has 0 radical (unpaired) electrons. The van der Waals surface area contributed by atoms with Crippen molar-refractivity contribution in [1.29, 1.82) is 0 Å². The van der Waals surface area contributed by atoms with Crippen molar-refractivity contribution >= 4 is 27.5 Å². The normalized spacial score (nSPS) is 26.1. The van der Waals surface area contributed by atoms with E-state index in [9.17, 15) is 9.59 Å². The first-order valence-corrected chi connectivity index (χ1v) is 9.61. The van der Waals surface area contributed by atoms with Crippen molar-refractivity contribution in [2.45, 2.75) is 43.4 Å². The molecular formula is C19H26B2N2O2. The molecule has 130 valence electrons. The molecule has 1 aromatic carbocycles. The zero-order valence-corrected chi connectivity index (χ0v) is 15.3. The summed E-state index contributed by atoms with van der Waals surface area (Å²) in [7, 11) is 4.57. The maximum atomic E-state index is 13.1. The van der Waals surface area contributed by atoms with Crippen molar-refractivity contribution in [3.05, 3.63) is 35.4 Å². The van der Waals surface area contributed by atoms with E-state index < -0.39 is 0 Å². The van der Waals surface area contributed by atoms with E-state index in [1.807, 2.05) is 15.9 Å². The molecular weight excluding hydrogens is 310 g/mol. The van der Waals surface area contributed by atoms with Gasteiger partial charge in [0.25, 0.3) is 0 Å². The van der Waals surface area contributed by atoms with Crippen LogP contribution in [-0.4, -0.2) is 56.9 Å². The Morgan fingerprint density at radius 3 is 2.64 bits per heavy atom. The van der Waals surface area contributed by atoms with Gasteiger partial charge >= 0.3 is 0 Å². The molecule has 4 nitrogen and oxygen atoms in total. The van der Waals surface area contributed by atoms with E-state index in [0.29, 0.717) is 11.8 Å². The molecule has 0 unspecified atom stereocenters. The first kappa shape index (κ1) is 16.7. The number of carbonyl (C=O) groups is 2. The van der Waals surface area contributed by atoms with E-state index in [1.165, 1.54) is 11.1 Å². The van der Waals surface area contributed by atoms with Crippen molar-refractivity contribution in [1.82, 2.24) is 9.80 Å². The van der Waals surface area contributed by atoms with Crippen LogP contribution in [-0.2, 0) is 16.0 Å². The van der Waals surface area contributed by atoms with Gasteiger partial charge in [0, 0.05) is 19.0 Å². The number of nitrogens with zero attached hydrogens (tertiary/aromatic N) is 2. The molecule has 2 amide bonds. The lowest BCUT2D eigenvalue weighted by atomic mass is 9.47. The number of hydrogen-bond donors (Lipinski definition) is 0. The van der Waals surface area contributed by atoms with E-state index in [4.69, 9.17) is 0 Å². The predicted molar refractivity (Wildman–Crippen MR) is 103 cm³/mol. The van der Waals surface area contributed by atoms with Crippen LogP contribution in [0, 0.1) is 5.92 Å². The molecule has 2 heterocycles. The number of benzene rings is 1. The molecule has 4 rings (SSSR count). The van der Waals surface area contributed by atoms with Crippen LogP contribution in [0.2, 0.25) is 5.21 Å². The molecule has 0 aromatic heterocycles. The van der Waals surface area contributed by atoms with Gasteiger partial charge in [-0.15, -0.1) is 0 Å². The van der Waals surface area contributed by atoms with Crippen molar-refractivity contribution in [2.24, 2.45) is 5.92 Å². The van der Waals surface area contributed by atoms with E-state index in [2.05, 4.69) is 33.9 Å². The monoisotopic (exact) mass is 336 g/mol. The summed E-state index contributed by atoms with van der Waals surface area (Å²) in [6.45, 7) is 1.69. The Morgan fingerprint density at radius 2 is 1.88 bits per heavy atom. The van der Waals surface area contributed by atoms with E-state index in [-0.39, 0.29) is 30.3 Å². The third-order valence-electron chi connectivity index (χ3n) is 6.45. The number of carbonyl (C=O) groups excluding carboxylic acids is 2. The lowest BCUT2D eigenvalue weighted by Crippen LogP contribution is -2.56. The summed E-state index contributed by atoms with van der Waals surface area (Å²) in [5.41, 5.74) is 2.55. The lowest BCUT2D eigenvalue weighted by Gasteiger charge is -2.46. The number of amides is 2. The molecule has 1 saturated carbocycles. The van der Waals surface area contributed by atoms with E-state index in [0.717, 1.165) is 38.6 Å². The molecule has 1 aliphatic carbocycles. The van der Waals surface area contributed by atoms with E-state index >= 15 is 0 Å². The summed E-state index contributed by atoms with van der Waals surface area (Å²) in [4.78, 5) is 29.5. The lowest BCUT2D eigenvalue weighted by molar-refractivity contribution is -0.152. The molecule has 1 saturated heterocycles. The van der Waals surface area contributed by atoms with Gasteiger partial charge in [-0.3, -0.25) is 9.59 Å². The van der Waals surface area contributed by atoms with Crippen LogP contribution in [0.1, 0.15) is 42.9 Å². The Morgan fingerprint density at radius 1 is 1.16 bits per heavy atom. The third-order valence-corrected chi connectivity index (χ3v) is 6.45. The number of fused-ring (bicyclic) bond motifs is 3. The van der Waals surface area contributed by atoms with Gasteiger partial charge < -0.3 is 9.80 Å². The summed E-state index contributed by atoms with van der Waals surface area (Å²) >= 11 is 0. The van der Waals surface area contributed by atoms with Gasteiger partial charge in [0.1, 0.15) is 0 Å². The zero-order chi connectivity index (χ0) is 17.6. The molecule has 2 fully saturated rings. The van der Waals surface area contributed by atoms with Crippen LogP contribution < -0.4 is 0 Å². The van der Waals surface area contributed by atoms with Crippen LogP contribution in [0.4, 0.5) is 0 Å². The van der Waals surface area contributed by atoms with Crippen molar-refractivity contribution < 1.29 is 9.59 Å². The fourth-order valence-electron chi connectivity index (χ4n) is 4.75. The highest BCUT2D eigenvalue weighted by Gasteiger charge is 2.40. The van der Waals surface area contributed by atoms with Crippen LogP contribution in [0.15, 0.2) is 24.3 Å². The first-order valence-electron chi connectivity index (χ1n) is 9.61. The minimum Gasteiger partial charge on any atom is -0.332 e. The van der Waals surface area contributed by atoms with Gasteiger partial charge in [-0.2, -0.15) is 0 Å². The Balaban J connectivity index is 1.52. The molecule has 0 bridgehead atoms. The SMILES string of the molecule is BC1(B)CCC(C(=O)N2CC(=O)N3CCc4ccccc4[C@@H]3C2)CC1. The average molecular weight is 336 g/mol. The van der Waals surface area contributed by atoms with Gasteiger partial charge in [-0.25, -0.2) is 0 Å². The van der Waals surface area contributed by atoms with Crippen molar-refractivity contribution in [3.63, 3.8) is 0 Å². The second kappa shape index (κ2) is 6.22. The Bertz CT molecular complexity index is 696. The van der Waals surface area contributed by atoms with E-state index in [1.54, 1.807) is 0 Å². The highest BCUT2D eigenvalue weighted by molar-refractivity contribution is 6.39. The molecule has 2 aliphatic heterocycles. The Labute approximate surface area is 151 Å². The number of piperazine rings is 1. The summed E-state index contributed by atoms with van der Waals surface area (Å²) < 4.78 is 0. The summed E-state index contributed by atoms with van der Waals surface area (Å²) in [5.74, 6) is 0.410. The van der Waals surface area contributed by atoms with Crippen molar-refractivity contribution in [2.75, 3.05) is 19.6 Å². The fourth-order valence-corrected chi connectivity index (χ4v) is 4.75. The quantitative estimate of drug-likeness (QED) is 0.702. The molecule has 1 atom stereocenters. The summed E-state index contributed by atoms with van der Waals surface area (Å²) in [6.07, 6.45) is 5.04. The zero-order valence-electron chi connectivity index (χ0n) is 15.3. The van der Waals surface area contributed by atoms with Crippen LogP contribution in [0.5, 0.6) is 0 Å². The molecule has 0 N–H and O–H groups in total. The first-order chi connectivity index (χ1) is 11.9. The topological polar surface area (TPSA) is 40.6 Å². The minimum absolute atomic E-state index is 0.0372. The fraction of sp³-hybridized carbons (Fsp3) is 0.579. The maximum absolute atomic E-state index is 13.1. The van der Waals surface area contributed by atoms with Crippen LogP contribution >= 0.6 is 0 Å². The molecule has 6 heteroatoms. The second-order valence-electron chi connectivity index (χ2n) is 8.71. The Kier molecular flexibility index (Phi) is 4.17. The molecule has 3 aliphatic rings. The van der Waals surface area contributed by atoms with Gasteiger partial charge in [-0.1, -0.05) is 42.3 Å². The summed E-state index contributed by atoms with van der Waals surface area (Å²) in [5, 5.41) is 0.355. The largest absolute Gasteiger partial charge is 0.332 e. The molecule has 25 heavy (non-hydrogen) atoms. The highest BCUT2D eigenvalue weighted by Crippen LogP contribution is 2.40.